The van der Waals surface area contributed by atoms with Crippen LogP contribution in [-0.4, -0.2) is 12.4 Å². The van der Waals surface area contributed by atoms with Crippen molar-refractivity contribution in [2.24, 2.45) is 28.6 Å². The third-order valence-electron chi connectivity index (χ3n) is 7.57. The standard InChI is InChI=1S/C21H32O2/c1-6-23-17-9-11-21(5)16(13-17)7-8-18-14(2)20(4,15(3)22)12-10-19(18)21/h7,13-14,18-19H,6,8-12H2,1-5H3. The smallest absolute Gasteiger partial charge is 0.135 e. The first-order chi connectivity index (χ1) is 10.8. The fourth-order valence-corrected chi connectivity index (χ4v) is 5.57. The average Bonchev–Trinajstić information content (AvgIpc) is 2.51. The highest BCUT2D eigenvalue weighted by Gasteiger charge is 2.54. The molecule has 128 valence electrons. The summed E-state index contributed by atoms with van der Waals surface area (Å²) in [4.78, 5) is 12.2. The molecule has 23 heavy (non-hydrogen) atoms. The minimum atomic E-state index is -0.121. The lowest BCUT2D eigenvalue weighted by Gasteiger charge is -2.56. The Bertz CT molecular complexity index is 558. The number of hydrogen-bond acceptors (Lipinski definition) is 2. The van der Waals surface area contributed by atoms with Gasteiger partial charge < -0.3 is 4.74 Å². The lowest BCUT2D eigenvalue weighted by atomic mass is 9.48. The minimum absolute atomic E-state index is 0.121. The molecule has 1 fully saturated rings. The Balaban J connectivity index is 1.91. The van der Waals surface area contributed by atoms with Crippen LogP contribution in [0.15, 0.2) is 23.5 Å². The number of hydrogen-bond donors (Lipinski definition) is 0. The van der Waals surface area contributed by atoms with E-state index in [0.717, 1.165) is 31.6 Å². The minimum Gasteiger partial charge on any atom is -0.498 e. The highest BCUT2D eigenvalue weighted by Crippen LogP contribution is 2.60. The van der Waals surface area contributed by atoms with Gasteiger partial charge in [0.2, 0.25) is 0 Å². The summed E-state index contributed by atoms with van der Waals surface area (Å²) in [5, 5.41) is 0. The third kappa shape index (κ3) is 2.49. The quantitative estimate of drug-likeness (QED) is 0.706. The summed E-state index contributed by atoms with van der Waals surface area (Å²) in [5.41, 5.74) is 1.65. The molecule has 0 amide bonds. The molecule has 2 nitrogen and oxygen atoms in total. The Labute approximate surface area is 141 Å². The normalized spacial score (nSPS) is 42.9. The third-order valence-corrected chi connectivity index (χ3v) is 7.57. The van der Waals surface area contributed by atoms with Crippen LogP contribution in [-0.2, 0) is 9.53 Å². The highest BCUT2D eigenvalue weighted by molar-refractivity contribution is 5.82. The van der Waals surface area contributed by atoms with E-state index in [9.17, 15) is 4.79 Å². The predicted molar refractivity (Wildman–Crippen MR) is 93.9 cm³/mol. The van der Waals surface area contributed by atoms with Crippen LogP contribution in [0.25, 0.3) is 0 Å². The Morgan fingerprint density at radius 3 is 2.74 bits per heavy atom. The number of ether oxygens (including phenoxy) is 1. The van der Waals surface area contributed by atoms with Crippen LogP contribution < -0.4 is 0 Å². The molecule has 5 atom stereocenters. The van der Waals surface area contributed by atoms with Crippen LogP contribution in [0.2, 0.25) is 0 Å². The first-order valence-electron chi connectivity index (χ1n) is 9.38. The summed E-state index contributed by atoms with van der Waals surface area (Å²) in [6, 6.07) is 0. The lowest BCUT2D eigenvalue weighted by molar-refractivity contribution is -0.136. The van der Waals surface area contributed by atoms with E-state index in [1.807, 2.05) is 0 Å². The molecular weight excluding hydrogens is 284 g/mol. The molecule has 3 aliphatic carbocycles. The number of fused-ring (bicyclic) bond motifs is 3. The van der Waals surface area contributed by atoms with Crippen LogP contribution in [0, 0.1) is 28.6 Å². The van der Waals surface area contributed by atoms with Crippen molar-refractivity contribution in [1.82, 2.24) is 0 Å². The van der Waals surface area contributed by atoms with E-state index >= 15 is 0 Å². The largest absolute Gasteiger partial charge is 0.498 e. The fourth-order valence-electron chi connectivity index (χ4n) is 5.57. The summed E-state index contributed by atoms with van der Waals surface area (Å²) in [6.45, 7) is 11.6. The van der Waals surface area contributed by atoms with Gasteiger partial charge in [-0.2, -0.15) is 0 Å². The lowest BCUT2D eigenvalue weighted by Crippen LogP contribution is -2.50. The van der Waals surface area contributed by atoms with E-state index < -0.39 is 0 Å². The van der Waals surface area contributed by atoms with Gasteiger partial charge in [0, 0.05) is 11.8 Å². The van der Waals surface area contributed by atoms with Gasteiger partial charge in [-0.1, -0.05) is 26.8 Å². The first kappa shape index (κ1) is 16.8. The number of allylic oxidation sites excluding steroid dienone is 4. The summed E-state index contributed by atoms with van der Waals surface area (Å²) >= 11 is 0. The maximum absolute atomic E-state index is 12.2. The van der Waals surface area contributed by atoms with E-state index in [0.29, 0.717) is 23.5 Å². The Morgan fingerprint density at radius 2 is 2.09 bits per heavy atom. The Morgan fingerprint density at radius 1 is 1.35 bits per heavy atom. The Hall–Kier alpha value is -1.05. The maximum atomic E-state index is 12.2. The zero-order valence-electron chi connectivity index (χ0n) is 15.4. The SMILES string of the molecule is CCOC1=CC2=CCC3C(C)C(C)(C(C)=O)CCC3C2(C)CC1. The molecule has 5 unspecified atom stereocenters. The zero-order chi connectivity index (χ0) is 16.8. The van der Waals surface area contributed by atoms with E-state index in [1.54, 1.807) is 6.92 Å². The van der Waals surface area contributed by atoms with Crippen LogP contribution in [0.3, 0.4) is 0 Å². The predicted octanol–water partition coefficient (Wildman–Crippen LogP) is 5.29. The monoisotopic (exact) mass is 316 g/mol. The zero-order valence-corrected chi connectivity index (χ0v) is 15.4. The van der Waals surface area contributed by atoms with Crippen molar-refractivity contribution in [1.29, 1.82) is 0 Å². The van der Waals surface area contributed by atoms with E-state index in [-0.39, 0.29) is 10.8 Å². The van der Waals surface area contributed by atoms with Gasteiger partial charge in [-0.15, -0.1) is 0 Å². The van der Waals surface area contributed by atoms with E-state index in [1.165, 1.54) is 18.4 Å². The molecule has 3 aliphatic rings. The maximum Gasteiger partial charge on any atom is 0.135 e. The molecule has 0 heterocycles. The molecule has 0 aromatic rings. The molecule has 0 spiro atoms. The van der Waals surface area contributed by atoms with Gasteiger partial charge in [0.05, 0.1) is 12.4 Å². The summed E-state index contributed by atoms with van der Waals surface area (Å²) in [5.74, 6) is 3.38. The molecule has 2 heteroatoms. The van der Waals surface area contributed by atoms with Gasteiger partial charge in [-0.25, -0.2) is 0 Å². The van der Waals surface area contributed by atoms with Gasteiger partial charge in [0.15, 0.2) is 0 Å². The average molecular weight is 316 g/mol. The van der Waals surface area contributed by atoms with Crippen LogP contribution in [0.4, 0.5) is 0 Å². The molecule has 3 rings (SSSR count). The second kappa shape index (κ2) is 5.79. The summed E-state index contributed by atoms with van der Waals surface area (Å²) in [7, 11) is 0. The topological polar surface area (TPSA) is 26.3 Å². The molecule has 0 saturated heterocycles. The van der Waals surface area contributed by atoms with Gasteiger partial charge >= 0.3 is 0 Å². The molecule has 0 radical (unpaired) electrons. The van der Waals surface area contributed by atoms with Gasteiger partial charge in [0.1, 0.15) is 5.78 Å². The van der Waals surface area contributed by atoms with Crippen molar-refractivity contribution < 1.29 is 9.53 Å². The molecular formula is C21H32O2. The number of carbonyl (C=O) groups is 1. The molecule has 0 aromatic heterocycles. The second-order valence-corrected chi connectivity index (χ2v) is 8.43. The van der Waals surface area contributed by atoms with Gasteiger partial charge in [0.25, 0.3) is 0 Å². The van der Waals surface area contributed by atoms with Crippen molar-refractivity contribution in [3.8, 4) is 0 Å². The molecule has 0 N–H and O–H groups in total. The molecule has 0 aliphatic heterocycles. The van der Waals surface area contributed by atoms with E-state index in [2.05, 4.69) is 39.8 Å². The van der Waals surface area contributed by atoms with Crippen molar-refractivity contribution in [2.45, 2.75) is 66.7 Å². The number of carbonyl (C=O) groups excluding carboxylic acids is 1. The molecule has 0 aromatic carbocycles. The van der Waals surface area contributed by atoms with E-state index in [4.69, 9.17) is 4.74 Å². The van der Waals surface area contributed by atoms with Crippen molar-refractivity contribution in [3.63, 3.8) is 0 Å². The highest BCUT2D eigenvalue weighted by atomic mass is 16.5. The van der Waals surface area contributed by atoms with Crippen LogP contribution >= 0.6 is 0 Å². The molecule has 0 bridgehead atoms. The van der Waals surface area contributed by atoms with Crippen LogP contribution in [0.5, 0.6) is 0 Å². The molecule has 1 saturated carbocycles. The van der Waals surface area contributed by atoms with Gasteiger partial charge in [-0.3, -0.25) is 4.79 Å². The Kier molecular flexibility index (Phi) is 4.23. The second-order valence-electron chi connectivity index (χ2n) is 8.43. The number of rotatable bonds is 3. The van der Waals surface area contributed by atoms with Gasteiger partial charge in [-0.05, 0) is 74.3 Å². The van der Waals surface area contributed by atoms with Crippen LogP contribution in [0.1, 0.15) is 66.7 Å². The summed E-state index contributed by atoms with van der Waals surface area (Å²) < 4.78 is 5.77. The van der Waals surface area contributed by atoms with Crippen molar-refractivity contribution in [3.05, 3.63) is 23.5 Å². The van der Waals surface area contributed by atoms with Crippen molar-refractivity contribution >= 4 is 5.78 Å². The summed E-state index contributed by atoms with van der Waals surface area (Å²) in [6.07, 6.45) is 10.4. The first-order valence-corrected chi connectivity index (χ1v) is 9.38. The fraction of sp³-hybridized carbons (Fsp3) is 0.762. The number of ketones is 1. The number of Topliss-reactive ketones (excluding diaryl/α,β-unsaturated/α-hetero) is 1. The van der Waals surface area contributed by atoms with Crippen molar-refractivity contribution in [2.75, 3.05) is 6.61 Å².